The number of ether oxygens (including phenoxy) is 1. The van der Waals surface area contributed by atoms with Crippen molar-refractivity contribution in [2.45, 2.75) is 26.3 Å². The van der Waals surface area contributed by atoms with Crippen molar-refractivity contribution >= 4 is 43.8 Å². The van der Waals surface area contributed by atoms with Crippen molar-refractivity contribution < 1.29 is 9.53 Å². The molecule has 1 N–H and O–H groups in total. The quantitative estimate of drug-likeness (QED) is 0.405. The van der Waals surface area contributed by atoms with Crippen LogP contribution in [0.3, 0.4) is 0 Å². The number of hydrogen-bond acceptors (Lipinski definition) is 6. The predicted molar refractivity (Wildman–Crippen MR) is 133 cm³/mol. The van der Waals surface area contributed by atoms with Gasteiger partial charge in [-0.3, -0.25) is 4.79 Å². The minimum atomic E-state index is -0.0107. The number of benzene rings is 2. The smallest absolute Gasteiger partial charge is 0.229 e. The molecule has 164 valence electrons. The van der Waals surface area contributed by atoms with Crippen LogP contribution in [0.1, 0.15) is 22.9 Å². The lowest BCUT2D eigenvalue weighted by atomic mass is 10.0. The van der Waals surface area contributed by atoms with E-state index in [-0.39, 0.29) is 5.91 Å². The van der Waals surface area contributed by atoms with Crippen LogP contribution in [0.4, 0.5) is 5.00 Å². The number of fused-ring (bicyclic) bond motifs is 2. The molecule has 0 spiro atoms. The predicted octanol–water partition coefficient (Wildman–Crippen LogP) is 5.59. The fraction of sp³-hybridized carbons (Fsp3) is 0.280. The van der Waals surface area contributed by atoms with Gasteiger partial charge in [-0.25, -0.2) is 4.98 Å². The first-order valence-electron chi connectivity index (χ1n) is 10.8. The second kappa shape index (κ2) is 9.02. The number of likely N-dealkylation sites (N-methyl/N-ethyl adjacent to an activating group) is 1. The van der Waals surface area contributed by atoms with Crippen LogP contribution in [0.25, 0.3) is 20.8 Å². The molecule has 2 aromatic carbocycles. The summed E-state index contributed by atoms with van der Waals surface area (Å²) < 4.78 is 6.67. The summed E-state index contributed by atoms with van der Waals surface area (Å²) in [5, 5.41) is 5.12. The standard InChI is InChI=1S/C25H25N3O2S2/c1-3-30-17-10-8-16(9-11-17)14-22(29)27-25-23(18-12-13-28(2)15-21(18)32-25)24-26-19-6-4-5-7-20(19)31-24/h4-11H,3,12-15H2,1-2H3,(H,27,29). The minimum Gasteiger partial charge on any atom is -0.494 e. The summed E-state index contributed by atoms with van der Waals surface area (Å²) in [7, 11) is 2.14. The number of thiazole rings is 1. The number of carbonyl (C=O) groups is 1. The average Bonchev–Trinajstić information content (AvgIpc) is 3.35. The first-order valence-corrected chi connectivity index (χ1v) is 12.4. The molecule has 7 heteroatoms. The summed E-state index contributed by atoms with van der Waals surface area (Å²) in [4.78, 5) is 21.5. The first kappa shape index (κ1) is 21.1. The lowest BCUT2D eigenvalue weighted by molar-refractivity contribution is -0.115. The Morgan fingerprint density at radius 2 is 1.97 bits per heavy atom. The van der Waals surface area contributed by atoms with E-state index in [1.165, 1.54) is 15.1 Å². The summed E-state index contributed by atoms with van der Waals surface area (Å²) in [5.41, 5.74) is 4.42. The van der Waals surface area contributed by atoms with Crippen molar-refractivity contribution in [1.82, 2.24) is 9.88 Å². The largest absolute Gasteiger partial charge is 0.494 e. The second-order valence-corrected chi connectivity index (χ2v) is 10.1. The third-order valence-electron chi connectivity index (χ3n) is 5.61. The summed E-state index contributed by atoms with van der Waals surface area (Å²) in [6.07, 6.45) is 1.30. The van der Waals surface area contributed by atoms with E-state index in [0.29, 0.717) is 13.0 Å². The molecule has 0 saturated heterocycles. The molecule has 0 fully saturated rings. The Morgan fingerprint density at radius 1 is 1.16 bits per heavy atom. The van der Waals surface area contributed by atoms with Gasteiger partial charge in [-0.05, 0) is 55.8 Å². The minimum absolute atomic E-state index is 0.0107. The highest BCUT2D eigenvalue weighted by atomic mass is 32.1. The van der Waals surface area contributed by atoms with E-state index in [0.717, 1.165) is 51.9 Å². The van der Waals surface area contributed by atoms with Gasteiger partial charge >= 0.3 is 0 Å². The number of nitrogens with one attached hydrogen (secondary N) is 1. The topological polar surface area (TPSA) is 54.5 Å². The SMILES string of the molecule is CCOc1ccc(CC(=O)Nc2sc3c(c2-c2nc4ccccc4s2)CCN(C)C3)cc1. The number of nitrogens with zero attached hydrogens (tertiary/aromatic N) is 2. The fourth-order valence-electron chi connectivity index (χ4n) is 4.05. The molecule has 0 bridgehead atoms. The van der Waals surface area contributed by atoms with E-state index in [2.05, 4.69) is 23.3 Å². The van der Waals surface area contributed by atoms with Gasteiger partial charge in [-0.2, -0.15) is 0 Å². The van der Waals surface area contributed by atoms with E-state index in [1.54, 1.807) is 22.7 Å². The van der Waals surface area contributed by atoms with Gasteiger partial charge in [0, 0.05) is 23.5 Å². The number of aromatic nitrogens is 1. The number of hydrogen-bond donors (Lipinski definition) is 1. The highest BCUT2D eigenvalue weighted by Gasteiger charge is 2.26. The zero-order valence-corrected chi connectivity index (χ0v) is 19.8. The number of carbonyl (C=O) groups excluding carboxylic acids is 1. The van der Waals surface area contributed by atoms with Crippen LogP contribution >= 0.6 is 22.7 Å². The first-order chi connectivity index (χ1) is 15.6. The van der Waals surface area contributed by atoms with Gasteiger partial charge < -0.3 is 15.0 Å². The zero-order chi connectivity index (χ0) is 22.1. The van der Waals surface area contributed by atoms with E-state index >= 15 is 0 Å². The van der Waals surface area contributed by atoms with Crippen LogP contribution in [0, 0.1) is 0 Å². The normalized spacial score (nSPS) is 13.8. The molecule has 4 aromatic rings. The molecule has 0 unspecified atom stereocenters. The molecule has 0 aliphatic carbocycles. The highest BCUT2D eigenvalue weighted by Crippen LogP contribution is 2.45. The third kappa shape index (κ3) is 4.28. The van der Waals surface area contributed by atoms with Crippen molar-refractivity contribution in [1.29, 1.82) is 0 Å². The van der Waals surface area contributed by atoms with Gasteiger partial charge in [-0.1, -0.05) is 24.3 Å². The van der Waals surface area contributed by atoms with Crippen molar-refractivity contribution in [3.63, 3.8) is 0 Å². The molecule has 1 aliphatic heterocycles. The molecule has 1 aliphatic rings. The van der Waals surface area contributed by atoms with E-state index in [9.17, 15) is 4.79 Å². The lowest BCUT2D eigenvalue weighted by Gasteiger charge is -2.22. The Hall–Kier alpha value is -2.74. The molecule has 5 nitrogen and oxygen atoms in total. The molecule has 32 heavy (non-hydrogen) atoms. The molecule has 0 saturated carbocycles. The van der Waals surface area contributed by atoms with Crippen LogP contribution in [0.15, 0.2) is 48.5 Å². The van der Waals surface area contributed by atoms with Gasteiger partial charge in [-0.15, -0.1) is 22.7 Å². The maximum absolute atomic E-state index is 13.0. The summed E-state index contributed by atoms with van der Waals surface area (Å²) >= 11 is 3.39. The number of anilines is 1. The Morgan fingerprint density at radius 3 is 2.75 bits per heavy atom. The van der Waals surface area contributed by atoms with E-state index in [1.807, 2.05) is 49.4 Å². The maximum atomic E-state index is 13.0. The molecule has 0 radical (unpaired) electrons. The average molecular weight is 464 g/mol. The number of para-hydroxylation sites is 1. The van der Waals surface area contributed by atoms with Crippen LogP contribution in [0.5, 0.6) is 5.75 Å². The lowest BCUT2D eigenvalue weighted by Crippen LogP contribution is -2.25. The molecule has 5 rings (SSSR count). The van der Waals surface area contributed by atoms with Gasteiger partial charge in [0.1, 0.15) is 15.8 Å². The zero-order valence-electron chi connectivity index (χ0n) is 18.2. The van der Waals surface area contributed by atoms with E-state index < -0.39 is 0 Å². The molecule has 3 heterocycles. The van der Waals surface area contributed by atoms with Crippen LogP contribution in [-0.4, -0.2) is 36.0 Å². The molecular formula is C25H25N3O2S2. The maximum Gasteiger partial charge on any atom is 0.229 e. The Kier molecular flexibility index (Phi) is 5.95. The van der Waals surface area contributed by atoms with E-state index in [4.69, 9.17) is 9.72 Å². The van der Waals surface area contributed by atoms with Crippen LogP contribution < -0.4 is 10.1 Å². The summed E-state index contributed by atoms with van der Waals surface area (Å²) in [5.74, 6) is 0.813. The summed E-state index contributed by atoms with van der Waals surface area (Å²) in [6.45, 7) is 4.52. The van der Waals surface area contributed by atoms with Crippen molar-refractivity contribution in [3.05, 3.63) is 64.5 Å². The van der Waals surface area contributed by atoms with Crippen molar-refractivity contribution in [3.8, 4) is 16.3 Å². The summed E-state index contributed by atoms with van der Waals surface area (Å²) in [6, 6.07) is 15.9. The van der Waals surface area contributed by atoms with Gasteiger partial charge in [0.2, 0.25) is 5.91 Å². The van der Waals surface area contributed by atoms with Crippen molar-refractivity contribution in [2.75, 3.05) is 25.5 Å². The fourth-order valence-corrected chi connectivity index (χ4v) is 6.51. The molecule has 2 aromatic heterocycles. The highest BCUT2D eigenvalue weighted by molar-refractivity contribution is 7.22. The van der Waals surface area contributed by atoms with Gasteiger partial charge in [0.25, 0.3) is 0 Å². The number of rotatable bonds is 6. The molecule has 0 atom stereocenters. The second-order valence-electron chi connectivity index (χ2n) is 7.98. The van der Waals surface area contributed by atoms with Crippen LogP contribution in [-0.2, 0) is 24.2 Å². The van der Waals surface area contributed by atoms with Gasteiger partial charge in [0.15, 0.2) is 0 Å². The molecule has 1 amide bonds. The number of thiophene rings is 1. The number of amides is 1. The Bertz CT molecular complexity index is 1230. The van der Waals surface area contributed by atoms with Crippen LogP contribution in [0.2, 0.25) is 0 Å². The third-order valence-corrected chi connectivity index (χ3v) is 7.79. The Balaban J connectivity index is 1.44. The molecular weight excluding hydrogens is 438 g/mol. The monoisotopic (exact) mass is 463 g/mol. The van der Waals surface area contributed by atoms with Crippen molar-refractivity contribution in [2.24, 2.45) is 0 Å². The van der Waals surface area contributed by atoms with Gasteiger partial charge in [0.05, 0.1) is 23.2 Å². The Labute approximate surface area is 195 Å².